The first-order valence-electron chi connectivity index (χ1n) is 16.6. The van der Waals surface area contributed by atoms with Gasteiger partial charge >= 0.3 is 0 Å². The highest BCUT2D eigenvalue weighted by Gasteiger charge is 2.44. The van der Waals surface area contributed by atoms with E-state index in [2.05, 4.69) is 81.0 Å². The fourth-order valence-electron chi connectivity index (χ4n) is 8.49. The van der Waals surface area contributed by atoms with Crippen LogP contribution in [0.15, 0.2) is 59.4 Å². The van der Waals surface area contributed by atoms with Crippen molar-refractivity contribution in [1.29, 1.82) is 0 Å². The predicted octanol–water partition coefficient (Wildman–Crippen LogP) is 5.23. The second kappa shape index (κ2) is 11.7. The molecule has 9 nitrogen and oxygen atoms in total. The molecular formula is C36H45N7O2. The van der Waals surface area contributed by atoms with Crippen LogP contribution in [0.1, 0.15) is 78.4 Å². The van der Waals surface area contributed by atoms with Crippen LogP contribution in [0.2, 0.25) is 0 Å². The van der Waals surface area contributed by atoms with Crippen molar-refractivity contribution in [3.8, 4) is 0 Å². The van der Waals surface area contributed by atoms with Crippen molar-refractivity contribution in [3.05, 3.63) is 87.6 Å². The monoisotopic (exact) mass is 607 g/mol. The van der Waals surface area contributed by atoms with E-state index in [1.54, 1.807) is 11.8 Å². The van der Waals surface area contributed by atoms with Gasteiger partial charge in [0.1, 0.15) is 11.5 Å². The van der Waals surface area contributed by atoms with Crippen molar-refractivity contribution in [1.82, 2.24) is 29.3 Å². The average molecular weight is 608 g/mol. The first kappa shape index (κ1) is 29.7. The minimum absolute atomic E-state index is 0.0108. The van der Waals surface area contributed by atoms with Gasteiger partial charge in [-0.2, -0.15) is 0 Å². The Hall–Kier alpha value is -3.98. The number of anilines is 1. The molecule has 2 unspecified atom stereocenters. The fourth-order valence-corrected chi connectivity index (χ4v) is 8.49. The molecule has 4 aromatic rings. The number of para-hydroxylation sites is 2. The van der Waals surface area contributed by atoms with E-state index in [-0.39, 0.29) is 22.6 Å². The van der Waals surface area contributed by atoms with Crippen LogP contribution in [-0.2, 0) is 5.41 Å². The Balaban J connectivity index is 1.07. The van der Waals surface area contributed by atoms with Gasteiger partial charge in [0.05, 0.1) is 11.0 Å². The Morgan fingerprint density at radius 3 is 2.29 bits per heavy atom. The molecule has 3 aliphatic heterocycles. The first-order chi connectivity index (χ1) is 21.7. The van der Waals surface area contributed by atoms with Crippen LogP contribution in [0.4, 0.5) is 5.95 Å². The third kappa shape index (κ3) is 5.35. The lowest BCUT2D eigenvalue weighted by molar-refractivity contribution is 0.0601. The standard InChI is InChI=1S/C36H45N7O2/c1-24-32(38-35(40(3)4)39-33(24)44)34(45)41-19-16-36(17-20-41,26-10-6-5-7-11-26)18-21-42-27-14-15-28(42)23-29(22-27)43-25(2)37-30-12-8-9-13-31(30)43/h5-13,27-29H,14-23H2,1-4H3,(H,38,39,44). The number of fused-ring (bicyclic) bond motifs is 3. The van der Waals surface area contributed by atoms with Crippen LogP contribution < -0.4 is 10.5 Å². The summed E-state index contributed by atoms with van der Waals surface area (Å²) in [5, 5.41) is 0. The van der Waals surface area contributed by atoms with E-state index < -0.39 is 0 Å². The predicted molar refractivity (Wildman–Crippen MR) is 178 cm³/mol. The summed E-state index contributed by atoms with van der Waals surface area (Å²) in [5.41, 5.74) is 4.13. The zero-order chi connectivity index (χ0) is 31.3. The van der Waals surface area contributed by atoms with Crippen LogP contribution in [-0.4, -0.2) is 81.0 Å². The maximum atomic E-state index is 13.7. The number of imidazole rings is 1. The zero-order valence-electron chi connectivity index (χ0n) is 27.0. The lowest BCUT2D eigenvalue weighted by atomic mass is 9.70. The highest BCUT2D eigenvalue weighted by atomic mass is 16.2. The highest BCUT2D eigenvalue weighted by Crippen LogP contribution is 2.45. The molecule has 1 N–H and O–H groups in total. The van der Waals surface area contributed by atoms with Gasteiger partial charge in [-0.3, -0.25) is 19.5 Å². The van der Waals surface area contributed by atoms with Gasteiger partial charge < -0.3 is 14.4 Å². The summed E-state index contributed by atoms with van der Waals surface area (Å²) in [6.45, 7) is 6.23. The Bertz CT molecular complexity index is 1740. The SMILES string of the molecule is Cc1c(C(=O)N2CCC(CCN3C4CCC3CC(n3c(C)nc5ccccc53)C4)(c3ccccc3)CC2)nc(N(C)C)[nH]c1=O. The number of piperidine rings is 2. The minimum atomic E-state index is -0.262. The molecule has 45 heavy (non-hydrogen) atoms. The highest BCUT2D eigenvalue weighted by molar-refractivity contribution is 5.94. The molecule has 236 valence electrons. The number of H-pyrrole nitrogens is 1. The van der Waals surface area contributed by atoms with Crippen molar-refractivity contribution < 1.29 is 4.79 Å². The Kier molecular flexibility index (Phi) is 7.76. The molecular weight excluding hydrogens is 562 g/mol. The molecule has 3 fully saturated rings. The number of rotatable bonds is 7. The molecule has 2 bridgehead atoms. The number of nitrogens with one attached hydrogen (secondary N) is 1. The first-order valence-corrected chi connectivity index (χ1v) is 16.6. The molecule has 2 atom stereocenters. The number of benzene rings is 2. The molecule has 0 spiro atoms. The summed E-state index contributed by atoms with van der Waals surface area (Å²) in [5.74, 6) is 1.38. The third-order valence-electron chi connectivity index (χ3n) is 11.0. The van der Waals surface area contributed by atoms with E-state index in [0.29, 0.717) is 42.7 Å². The second-order valence-corrected chi connectivity index (χ2v) is 13.7. The van der Waals surface area contributed by atoms with Crippen molar-refractivity contribution in [3.63, 3.8) is 0 Å². The largest absolute Gasteiger partial charge is 0.348 e. The lowest BCUT2D eigenvalue weighted by Crippen LogP contribution is -2.49. The normalized spacial score (nSPS) is 23.0. The van der Waals surface area contributed by atoms with Crippen molar-refractivity contribution >= 4 is 22.9 Å². The van der Waals surface area contributed by atoms with Crippen LogP contribution in [0, 0.1) is 13.8 Å². The Morgan fingerprint density at radius 1 is 0.933 bits per heavy atom. The second-order valence-electron chi connectivity index (χ2n) is 13.7. The van der Waals surface area contributed by atoms with E-state index in [0.717, 1.165) is 37.1 Å². The molecule has 3 saturated heterocycles. The number of aryl methyl sites for hydroxylation is 1. The summed E-state index contributed by atoms with van der Waals surface area (Å²) < 4.78 is 2.51. The molecule has 0 aliphatic carbocycles. The molecule has 7 rings (SSSR count). The van der Waals surface area contributed by atoms with Crippen LogP contribution in [0.25, 0.3) is 11.0 Å². The van der Waals surface area contributed by atoms with E-state index in [1.165, 1.54) is 36.8 Å². The van der Waals surface area contributed by atoms with Gasteiger partial charge in [0.25, 0.3) is 11.5 Å². The van der Waals surface area contributed by atoms with E-state index in [4.69, 9.17) is 4.98 Å². The molecule has 1 amide bonds. The molecule has 2 aromatic heterocycles. The zero-order valence-corrected chi connectivity index (χ0v) is 27.0. The minimum Gasteiger partial charge on any atom is -0.348 e. The molecule has 0 saturated carbocycles. The number of likely N-dealkylation sites (tertiary alicyclic amines) is 1. The maximum absolute atomic E-state index is 13.7. The quantitative estimate of drug-likeness (QED) is 0.309. The average Bonchev–Trinajstić information content (AvgIpc) is 3.51. The summed E-state index contributed by atoms with van der Waals surface area (Å²) in [6.07, 6.45) is 7.77. The van der Waals surface area contributed by atoms with Gasteiger partial charge in [0.15, 0.2) is 0 Å². The van der Waals surface area contributed by atoms with Gasteiger partial charge in [0, 0.05) is 50.9 Å². The number of carbonyl (C=O) groups is 1. The summed E-state index contributed by atoms with van der Waals surface area (Å²) >= 11 is 0. The number of hydrogen-bond acceptors (Lipinski definition) is 6. The van der Waals surface area contributed by atoms with Crippen molar-refractivity contribution in [2.24, 2.45) is 0 Å². The molecule has 3 aliphatic rings. The Morgan fingerprint density at radius 2 is 1.60 bits per heavy atom. The topological polar surface area (TPSA) is 90.4 Å². The van der Waals surface area contributed by atoms with Gasteiger partial charge in [-0.25, -0.2) is 9.97 Å². The van der Waals surface area contributed by atoms with E-state index >= 15 is 0 Å². The third-order valence-corrected chi connectivity index (χ3v) is 11.0. The number of carbonyl (C=O) groups excluding carboxylic acids is 1. The van der Waals surface area contributed by atoms with E-state index in [1.807, 2.05) is 19.0 Å². The fraction of sp³-hybridized carbons (Fsp3) is 0.500. The van der Waals surface area contributed by atoms with Gasteiger partial charge in [-0.15, -0.1) is 0 Å². The van der Waals surface area contributed by atoms with Gasteiger partial charge in [0.2, 0.25) is 5.95 Å². The number of amides is 1. The van der Waals surface area contributed by atoms with Crippen LogP contribution in [0.5, 0.6) is 0 Å². The molecule has 5 heterocycles. The number of aromatic amines is 1. The van der Waals surface area contributed by atoms with Crippen molar-refractivity contribution in [2.45, 2.75) is 82.3 Å². The Labute approximate surface area is 265 Å². The summed E-state index contributed by atoms with van der Waals surface area (Å²) in [4.78, 5) is 44.9. The molecule has 9 heteroatoms. The number of nitrogens with zero attached hydrogens (tertiary/aromatic N) is 6. The van der Waals surface area contributed by atoms with Crippen molar-refractivity contribution in [2.75, 3.05) is 38.6 Å². The number of hydrogen-bond donors (Lipinski definition) is 1. The lowest BCUT2D eigenvalue weighted by Gasteiger charge is -2.45. The summed E-state index contributed by atoms with van der Waals surface area (Å²) in [7, 11) is 3.62. The molecule has 0 radical (unpaired) electrons. The maximum Gasteiger partial charge on any atom is 0.273 e. The molecule has 2 aromatic carbocycles. The van der Waals surface area contributed by atoms with E-state index in [9.17, 15) is 9.59 Å². The van der Waals surface area contributed by atoms with Gasteiger partial charge in [-0.05, 0) is 88.4 Å². The van der Waals surface area contributed by atoms with Crippen LogP contribution in [0.3, 0.4) is 0 Å². The smallest absolute Gasteiger partial charge is 0.273 e. The summed E-state index contributed by atoms with van der Waals surface area (Å²) in [6, 6.07) is 21.2. The number of aromatic nitrogens is 4. The van der Waals surface area contributed by atoms with Gasteiger partial charge in [-0.1, -0.05) is 42.5 Å². The van der Waals surface area contributed by atoms with Crippen LogP contribution >= 0.6 is 0 Å².